The Morgan fingerprint density at radius 3 is 2.63 bits per heavy atom. The summed E-state index contributed by atoms with van der Waals surface area (Å²) in [6.45, 7) is 2.14. The van der Waals surface area contributed by atoms with E-state index in [1.165, 1.54) is 12.1 Å². The highest BCUT2D eigenvalue weighted by Gasteiger charge is 2.23. The van der Waals surface area contributed by atoms with E-state index in [4.69, 9.17) is 11.6 Å². The molecular formula is C14H20ClN3O. The van der Waals surface area contributed by atoms with E-state index in [1.54, 1.807) is 0 Å². The first-order valence-corrected chi connectivity index (χ1v) is 7.01. The molecule has 1 unspecified atom stereocenters. The highest BCUT2D eigenvalue weighted by Crippen LogP contribution is 2.23. The zero-order chi connectivity index (χ0) is 13.8. The molecule has 1 aromatic rings. The van der Waals surface area contributed by atoms with E-state index in [0.29, 0.717) is 6.04 Å². The fourth-order valence-corrected chi connectivity index (χ4v) is 2.41. The Hall–Kier alpha value is -1.26. The number of nitrogens with zero attached hydrogens (tertiary/aromatic N) is 2. The Bertz CT molecular complexity index is 433. The topological polar surface area (TPSA) is 35.6 Å². The molecule has 0 spiro atoms. The Morgan fingerprint density at radius 1 is 1.42 bits per heavy atom. The third kappa shape index (κ3) is 3.61. The third-order valence-corrected chi connectivity index (χ3v) is 3.77. The average molecular weight is 282 g/mol. The van der Waals surface area contributed by atoms with Crippen LogP contribution in [0.1, 0.15) is 6.42 Å². The van der Waals surface area contributed by atoms with Gasteiger partial charge in [-0.2, -0.15) is 0 Å². The second kappa shape index (κ2) is 6.26. The van der Waals surface area contributed by atoms with Crippen molar-refractivity contribution in [3.8, 4) is 0 Å². The number of anilines is 2. The van der Waals surface area contributed by atoms with Crippen LogP contribution in [0.4, 0.5) is 11.4 Å². The summed E-state index contributed by atoms with van der Waals surface area (Å²) in [5, 5.41) is 2.74. The minimum Gasteiger partial charge on any atom is -0.370 e. The monoisotopic (exact) mass is 281 g/mol. The second-order valence-electron chi connectivity index (χ2n) is 5.08. The smallest absolute Gasteiger partial charge is 0.239 e. The van der Waals surface area contributed by atoms with Gasteiger partial charge in [-0.1, -0.05) is 0 Å². The first-order chi connectivity index (χ1) is 9.10. The molecule has 19 heavy (non-hydrogen) atoms. The lowest BCUT2D eigenvalue weighted by Gasteiger charge is -2.22. The Morgan fingerprint density at radius 2 is 2.11 bits per heavy atom. The van der Waals surface area contributed by atoms with Gasteiger partial charge in [0.2, 0.25) is 5.91 Å². The molecule has 2 rings (SSSR count). The van der Waals surface area contributed by atoms with Crippen LogP contribution in [-0.2, 0) is 4.79 Å². The van der Waals surface area contributed by atoms with Crippen molar-refractivity contribution < 1.29 is 4.79 Å². The molecular weight excluding hydrogens is 262 g/mol. The second-order valence-corrected chi connectivity index (χ2v) is 5.35. The zero-order valence-electron chi connectivity index (χ0n) is 11.4. The van der Waals surface area contributed by atoms with Crippen molar-refractivity contribution in [1.82, 2.24) is 4.90 Å². The van der Waals surface area contributed by atoms with Gasteiger partial charge in [-0.25, -0.2) is 0 Å². The largest absolute Gasteiger partial charge is 0.370 e. The maximum absolute atomic E-state index is 11.2. The van der Waals surface area contributed by atoms with Gasteiger partial charge >= 0.3 is 0 Å². The van der Waals surface area contributed by atoms with Crippen LogP contribution in [0.2, 0.25) is 0 Å². The number of nitrogens with one attached hydrogen (secondary N) is 1. The van der Waals surface area contributed by atoms with Crippen molar-refractivity contribution in [3.63, 3.8) is 0 Å². The molecule has 5 heteroatoms. The van der Waals surface area contributed by atoms with Crippen LogP contribution in [0.25, 0.3) is 0 Å². The number of rotatable bonds is 4. The van der Waals surface area contributed by atoms with Crippen LogP contribution in [-0.4, -0.2) is 49.9 Å². The van der Waals surface area contributed by atoms with Gasteiger partial charge in [0, 0.05) is 30.5 Å². The van der Waals surface area contributed by atoms with Gasteiger partial charge in [0.05, 0.1) is 0 Å². The van der Waals surface area contributed by atoms with E-state index in [2.05, 4.69) is 29.2 Å². The van der Waals surface area contributed by atoms with Crippen molar-refractivity contribution in [2.24, 2.45) is 0 Å². The molecule has 4 nitrogen and oxygen atoms in total. The van der Waals surface area contributed by atoms with Crippen molar-refractivity contribution in [1.29, 1.82) is 0 Å². The van der Waals surface area contributed by atoms with Gasteiger partial charge in [0.15, 0.2) is 0 Å². The highest BCUT2D eigenvalue weighted by molar-refractivity contribution is 6.29. The van der Waals surface area contributed by atoms with Crippen LogP contribution in [0.3, 0.4) is 0 Å². The number of hydrogen-bond donors (Lipinski definition) is 1. The summed E-state index contributed by atoms with van der Waals surface area (Å²) in [4.78, 5) is 15.8. The van der Waals surface area contributed by atoms with Gasteiger partial charge < -0.3 is 15.1 Å². The summed E-state index contributed by atoms with van der Waals surface area (Å²) < 4.78 is 0. The molecule has 104 valence electrons. The molecule has 1 aliphatic heterocycles. The van der Waals surface area contributed by atoms with E-state index in [9.17, 15) is 4.79 Å². The fraction of sp³-hybridized carbons (Fsp3) is 0.500. The summed E-state index contributed by atoms with van der Waals surface area (Å²) in [6.07, 6.45) is 1.19. The van der Waals surface area contributed by atoms with Crippen LogP contribution in [0.15, 0.2) is 24.3 Å². The molecule has 1 fully saturated rings. The summed E-state index contributed by atoms with van der Waals surface area (Å²) in [6, 6.07) is 8.55. The summed E-state index contributed by atoms with van der Waals surface area (Å²) in [5.41, 5.74) is 1.99. The standard InChI is InChI=1S/C14H20ClN3O/c1-17(2)13-7-8-18(10-13)12-5-3-11(4-6-12)16-14(19)9-15/h3-6,13H,7-10H2,1-2H3,(H,16,19). The molecule has 0 saturated carbocycles. The van der Waals surface area contributed by atoms with Gasteiger partial charge in [-0.3, -0.25) is 4.79 Å². The maximum atomic E-state index is 11.2. The van der Waals surface area contributed by atoms with Crippen molar-refractivity contribution in [2.45, 2.75) is 12.5 Å². The lowest BCUT2D eigenvalue weighted by Crippen LogP contribution is -2.31. The van der Waals surface area contributed by atoms with E-state index in [-0.39, 0.29) is 11.8 Å². The van der Waals surface area contributed by atoms with Gasteiger partial charge in [0.25, 0.3) is 0 Å². The molecule has 0 radical (unpaired) electrons. The Labute approximate surface area is 119 Å². The van der Waals surface area contributed by atoms with Gasteiger partial charge in [0.1, 0.15) is 5.88 Å². The number of benzene rings is 1. The first-order valence-electron chi connectivity index (χ1n) is 6.47. The lowest BCUT2D eigenvalue weighted by molar-refractivity contribution is -0.113. The number of likely N-dealkylation sites (N-methyl/N-ethyl adjacent to an activating group) is 1. The van der Waals surface area contributed by atoms with Crippen LogP contribution in [0, 0.1) is 0 Å². The van der Waals surface area contributed by atoms with E-state index in [0.717, 1.165) is 18.8 Å². The van der Waals surface area contributed by atoms with Crippen molar-refractivity contribution >= 4 is 28.9 Å². The fourth-order valence-electron chi connectivity index (χ4n) is 2.35. The Kier molecular flexibility index (Phi) is 4.66. The minimum atomic E-state index is -0.178. The molecule has 1 atom stereocenters. The average Bonchev–Trinajstić information content (AvgIpc) is 2.89. The molecule has 1 amide bonds. The van der Waals surface area contributed by atoms with E-state index >= 15 is 0 Å². The number of halogens is 1. The molecule has 1 N–H and O–H groups in total. The normalized spacial score (nSPS) is 18.9. The molecule has 1 saturated heterocycles. The van der Waals surface area contributed by atoms with E-state index in [1.807, 2.05) is 24.3 Å². The molecule has 1 aromatic carbocycles. The maximum Gasteiger partial charge on any atom is 0.239 e. The quantitative estimate of drug-likeness (QED) is 0.858. The third-order valence-electron chi connectivity index (χ3n) is 3.53. The summed E-state index contributed by atoms with van der Waals surface area (Å²) >= 11 is 5.46. The molecule has 1 aliphatic rings. The number of carbonyl (C=O) groups excluding carboxylic acids is 1. The number of amides is 1. The highest BCUT2D eigenvalue weighted by atomic mass is 35.5. The summed E-state index contributed by atoms with van der Waals surface area (Å²) in [5.74, 6) is -0.193. The van der Waals surface area contributed by atoms with Gasteiger partial charge in [-0.15, -0.1) is 11.6 Å². The molecule has 0 aliphatic carbocycles. The minimum absolute atomic E-state index is 0.0155. The first kappa shape index (κ1) is 14.2. The van der Waals surface area contributed by atoms with Gasteiger partial charge in [-0.05, 0) is 44.8 Å². The Balaban J connectivity index is 1.97. The lowest BCUT2D eigenvalue weighted by atomic mass is 10.2. The van der Waals surface area contributed by atoms with Crippen molar-refractivity contribution in [2.75, 3.05) is 43.3 Å². The predicted octanol–water partition coefficient (Wildman–Crippen LogP) is 2.00. The van der Waals surface area contributed by atoms with Crippen LogP contribution >= 0.6 is 11.6 Å². The SMILES string of the molecule is CN(C)C1CCN(c2ccc(NC(=O)CCl)cc2)C1. The predicted molar refractivity (Wildman–Crippen MR) is 80.1 cm³/mol. The van der Waals surface area contributed by atoms with Crippen LogP contribution < -0.4 is 10.2 Å². The van der Waals surface area contributed by atoms with Crippen LogP contribution in [0.5, 0.6) is 0 Å². The van der Waals surface area contributed by atoms with E-state index < -0.39 is 0 Å². The molecule has 1 heterocycles. The molecule has 0 aromatic heterocycles. The number of alkyl halides is 1. The number of hydrogen-bond acceptors (Lipinski definition) is 3. The van der Waals surface area contributed by atoms with Crippen molar-refractivity contribution in [3.05, 3.63) is 24.3 Å². The number of carbonyl (C=O) groups is 1. The summed E-state index contributed by atoms with van der Waals surface area (Å²) in [7, 11) is 4.25. The zero-order valence-corrected chi connectivity index (χ0v) is 12.2. The molecule has 0 bridgehead atoms.